The molecule has 2 unspecified atom stereocenters. The molecule has 17 heteroatoms. The van der Waals surface area contributed by atoms with Gasteiger partial charge in [0.2, 0.25) is 11.8 Å². The molecule has 0 spiro atoms. The largest absolute Gasteiger partial charge is 0.471 e. The molecule has 4 amide bonds. The van der Waals surface area contributed by atoms with Gasteiger partial charge >= 0.3 is 12.1 Å². The molecule has 0 bridgehead atoms. The fourth-order valence-corrected chi connectivity index (χ4v) is 8.97. The zero-order valence-electron chi connectivity index (χ0n) is 37.3. The maximum Gasteiger partial charge on any atom is 0.418 e. The summed E-state index contributed by atoms with van der Waals surface area (Å²) in [7, 11) is 0. The van der Waals surface area contributed by atoms with Gasteiger partial charge in [-0.2, -0.15) is 0 Å². The Bertz CT molecular complexity index is 2580. The Kier molecular flexibility index (Phi) is 14.0. The molecule has 0 radical (unpaired) electrons. The lowest BCUT2D eigenvalue weighted by atomic mass is 10.0. The summed E-state index contributed by atoms with van der Waals surface area (Å²) >= 11 is 1.42. The summed E-state index contributed by atoms with van der Waals surface area (Å²) in [6, 6.07) is 12.5. The van der Waals surface area contributed by atoms with Crippen molar-refractivity contribution in [3.63, 3.8) is 0 Å². The number of thiazole rings is 1. The summed E-state index contributed by atoms with van der Waals surface area (Å²) in [4.78, 5) is 97.7. The number of nitrogens with one attached hydrogen (secondary N) is 1. The van der Waals surface area contributed by atoms with Crippen molar-refractivity contribution in [2.75, 3.05) is 13.2 Å². The molecule has 2 aliphatic rings. The number of amides is 4. The van der Waals surface area contributed by atoms with Crippen LogP contribution < -0.4 is 10.1 Å². The highest BCUT2D eigenvalue weighted by Crippen LogP contribution is 2.52. The van der Waals surface area contributed by atoms with Crippen molar-refractivity contribution in [2.45, 2.75) is 109 Å². The average Bonchev–Trinajstić information content (AvgIpc) is 3.60. The fraction of sp³-hybridized carbons (Fsp3) is 0.417. The van der Waals surface area contributed by atoms with Gasteiger partial charge in [0, 0.05) is 24.7 Å². The van der Waals surface area contributed by atoms with Crippen LogP contribution in [-0.2, 0) is 23.9 Å². The molecule has 340 valence electrons. The predicted octanol–water partition coefficient (Wildman–Crippen LogP) is 7.56. The molecular formula is C48H54N8O8S. The zero-order valence-corrected chi connectivity index (χ0v) is 38.1. The fourth-order valence-electron chi connectivity index (χ4n) is 8.02. The van der Waals surface area contributed by atoms with Gasteiger partial charge in [-0.15, -0.1) is 24.5 Å². The van der Waals surface area contributed by atoms with Crippen LogP contribution in [0.5, 0.6) is 5.88 Å². The molecule has 4 heterocycles. The number of imide groups is 1. The lowest BCUT2D eigenvalue weighted by molar-refractivity contribution is -0.159. The lowest BCUT2D eigenvalue weighted by Crippen LogP contribution is -2.60. The third-order valence-corrected chi connectivity index (χ3v) is 12.3. The van der Waals surface area contributed by atoms with Gasteiger partial charge < -0.3 is 24.4 Å². The highest BCUT2D eigenvalue weighted by atomic mass is 32.1. The number of carbonyl (C=O) groups is 5. The van der Waals surface area contributed by atoms with Crippen molar-refractivity contribution in [1.82, 2.24) is 40.0 Å². The second kappa shape index (κ2) is 19.6. The Morgan fingerprint density at radius 1 is 0.969 bits per heavy atom. The lowest BCUT2D eigenvalue weighted by Gasteiger charge is -2.35. The summed E-state index contributed by atoms with van der Waals surface area (Å²) in [5.74, 6) is -2.92. The minimum atomic E-state index is -1.78. The monoisotopic (exact) mass is 902 g/mol. The van der Waals surface area contributed by atoms with E-state index in [4.69, 9.17) is 29.2 Å². The molecule has 1 aliphatic carbocycles. The van der Waals surface area contributed by atoms with Gasteiger partial charge in [0.1, 0.15) is 34.6 Å². The maximum atomic E-state index is 15.4. The van der Waals surface area contributed by atoms with Crippen LogP contribution in [0.1, 0.15) is 88.8 Å². The summed E-state index contributed by atoms with van der Waals surface area (Å²) in [6.45, 7) is 15.8. The standard InChI is InChI=1S/C48H54N8O8S/c1-8-11-12-13-14-22-36(52-40(57)30-26-49-29(4)50-27-30)43(58)55-28-32(24-37(55)44(59)56(46(61)64-47(5,6)7)48(25-31(48)9-2)45(60)62-10-3)63-41-39(51-33-19-15-16-20-34(33)53-41)42-54-35-21-17-18-23-38(35)65-42/h8-9,15-21,23,26-27,31-32,36-37H,1-2,10-14,22,24-25,28H2,3-7H3,(H,52,57)/t31-,32-,36?,37+,48?/m1/s1. The summed E-state index contributed by atoms with van der Waals surface area (Å²) in [5.41, 5.74) is -0.430. The van der Waals surface area contributed by atoms with E-state index in [-0.39, 0.29) is 43.9 Å². The number of likely N-dealkylation sites (tertiary alicyclic amines) is 1. The van der Waals surface area contributed by atoms with Crippen molar-refractivity contribution in [1.29, 1.82) is 0 Å². The molecule has 2 aromatic carbocycles. The number of aryl methyl sites for hydroxylation is 1. The maximum absolute atomic E-state index is 15.4. The van der Waals surface area contributed by atoms with E-state index in [1.54, 1.807) is 40.7 Å². The molecule has 1 saturated carbocycles. The number of fused-ring (bicyclic) bond motifs is 2. The van der Waals surface area contributed by atoms with Gasteiger partial charge in [-0.25, -0.2) is 39.4 Å². The number of carbonyl (C=O) groups excluding carboxylic acids is 5. The van der Waals surface area contributed by atoms with E-state index in [9.17, 15) is 14.4 Å². The first kappa shape index (κ1) is 46.4. The number of allylic oxidation sites excluding steroid dienone is 1. The second-order valence-electron chi connectivity index (χ2n) is 17.2. The van der Waals surface area contributed by atoms with Gasteiger partial charge in [0.05, 0.1) is 40.0 Å². The molecule has 65 heavy (non-hydrogen) atoms. The van der Waals surface area contributed by atoms with Crippen molar-refractivity contribution in [3.05, 3.63) is 97.6 Å². The normalized spacial score (nSPS) is 19.6. The van der Waals surface area contributed by atoms with Gasteiger partial charge in [0.15, 0.2) is 11.2 Å². The Labute approximate surface area is 381 Å². The van der Waals surface area contributed by atoms with Gasteiger partial charge in [-0.05, 0) is 84.6 Å². The molecule has 5 aromatic rings. The van der Waals surface area contributed by atoms with Crippen LogP contribution in [0.15, 0.2) is 86.2 Å². The van der Waals surface area contributed by atoms with E-state index in [0.717, 1.165) is 34.4 Å². The molecular weight excluding hydrogens is 849 g/mol. The van der Waals surface area contributed by atoms with E-state index >= 15 is 9.59 Å². The number of nitrogens with zero attached hydrogens (tertiary/aromatic N) is 7. The number of rotatable bonds is 17. The van der Waals surface area contributed by atoms with E-state index in [0.29, 0.717) is 34.0 Å². The van der Waals surface area contributed by atoms with E-state index in [1.165, 1.54) is 34.7 Å². The SMILES string of the molecule is C=CCCCCCC(NC(=O)c1cnc(C)nc1)C(=O)N1C[C@H](Oc2nc3ccccc3nc2-c2nc3ccccc3s2)C[C@H]1C(=O)N(C(=O)OC(C)(C)C)C1(C(=O)OCC)C[C@H]1C=C. The number of ether oxygens (including phenoxy) is 3. The molecule has 3 aromatic heterocycles. The topological polar surface area (TPSA) is 196 Å². The number of para-hydroxylation sites is 3. The van der Waals surface area contributed by atoms with E-state index < -0.39 is 65.0 Å². The van der Waals surface area contributed by atoms with E-state index in [2.05, 4.69) is 28.4 Å². The number of hydrogen-bond acceptors (Lipinski definition) is 14. The predicted molar refractivity (Wildman–Crippen MR) is 245 cm³/mol. The summed E-state index contributed by atoms with van der Waals surface area (Å²) in [6.07, 6.45) is 7.10. The van der Waals surface area contributed by atoms with Crippen LogP contribution in [0.4, 0.5) is 4.79 Å². The zero-order chi connectivity index (χ0) is 46.5. The second-order valence-corrected chi connectivity index (χ2v) is 18.2. The number of unbranched alkanes of at least 4 members (excludes halogenated alkanes) is 3. The number of aromatic nitrogens is 5. The van der Waals surface area contributed by atoms with E-state index in [1.807, 2.05) is 48.5 Å². The highest BCUT2D eigenvalue weighted by Gasteiger charge is 2.69. The first-order valence-corrected chi connectivity index (χ1v) is 22.7. The van der Waals surface area contributed by atoms with Crippen LogP contribution in [0.3, 0.4) is 0 Å². The summed E-state index contributed by atoms with van der Waals surface area (Å²) < 4.78 is 19.0. The van der Waals surface area contributed by atoms with Crippen molar-refractivity contribution >= 4 is 62.4 Å². The van der Waals surface area contributed by atoms with Crippen LogP contribution in [0.2, 0.25) is 0 Å². The molecule has 1 aliphatic heterocycles. The first-order valence-electron chi connectivity index (χ1n) is 21.8. The number of esters is 1. The molecule has 5 atom stereocenters. The summed E-state index contributed by atoms with van der Waals surface area (Å²) in [5, 5.41) is 3.43. The highest BCUT2D eigenvalue weighted by molar-refractivity contribution is 7.21. The Morgan fingerprint density at radius 3 is 2.31 bits per heavy atom. The smallest absolute Gasteiger partial charge is 0.418 e. The Balaban J connectivity index is 1.30. The van der Waals surface area contributed by atoms with Crippen LogP contribution >= 0.6 is 11.3 Å². The minimum absolute atomic E-state index is 0.0191. The Hall–Kier alpha value is -6.62. The van der Waals surface area contributed by atoms with Gasteiger partial charge in [-0.1, -0.05) is 49.3 Å². The van der Waals surface area contributed by atoms with Crippen LogP contribution in [-0.4, -0.2) is 107 Å². The first-order chi connectivity index (χ1) is 31.2. The molecule has 1 N–H and O–H groups in total. The van der Waals surface area contributed by atoms with Gasteiger partial charge in [0.25, 0.3) is 11.8 Å². The third-order valence-electron chi connectivity index (χ3n) is 11.3. The molecule has 1 saturated heterocycles. The third kappa shape index (κ3) is 10.2. The molecule has 2 fully saturated rings. The number of hydrogen-bond donors (Lipinski definition) is 1. The minimum Gasteiger partial charge on any atom is -0.471 e. The van der Waals surface area contributed by atoms with Crippen molar-refractivity contribution in [2.24, 2.45) is 5.92 Å². The average molecular weight is 903 g/mol. The van der Waals surface area contributed by atoms with Gasteiger partial charge in [-0.3, -0.25) is 14.4 Å². The van der Waals surface area contributed by atoms with Crippen molar-refractivity contribution in [3.8, 4) is 16.6 Å². The van der Waals surface area contributed by atoms with Crippen LogP contribution in [0.25, 0.3) is 32.0 Å². The van der Waals surface area contributed by atoms with Crippen LogP contribution in [0, 0.1) is 12.8 Å². The number of benzene rings is 2. The Morgan fingerprint density at radius 2 is 1.66 bits per heavy atom. The molecule has 16 nitrogen and oxygen atoms in total. The molecule has 7 rings (SSSR count). The quantitative estimate of drug-likeness (QED) is 0.0546. The van der Waals surface area contributed by atoms with Crippen molar-refractivity contribution < 1.29 is 38.2 Å².